The maximum Gasteiger partial charge on any atom is 0.314 e. The Balaban J connectivity index is 1.17. The normalized spacial score (nSPS) is 16.8. The second-order valence-corrected chi connectivity index (χ2v) is 7.03. The van der Waals surface area contributed by atoms with Crippen LogP contribution in [0.15, 0.2) is 18.2 Å². The molecule has 2 aliphatic rings. The van der Waals surface area contributed by atoms with Gasteiger partial charge in [-0.3, -0.25) is 0 Å². The van der Waals surface area contributed by atoms with Crippen LogP contribution < -0.4 is 24.8 Å². The van der Waals surface area contributed by atoms with Crippen molar-refractivity contribution in [1.29, 1.82) is 0 Å². The first-order chi connectivity index (χ1) is 13.7. The van der Waals surface area contributed by atoms with Gasteiger partial charge in [-0.1, -0.05) is 6.92 Å². The van der Waals surface area contributed by atoms with E-state index in [4.69, 9.17) is 14.2 Å². The van der Waals surface area contributed by atoms with Crippen LogP contribution in [0.4, 0.5) is 4.79 Å². The molecule has 2 N–H and O–H groups in total. The minimum Gasteiger partial charge on any atom is -0.492 e. The van der Waals surface area contributed by atoms with Crippen LogP contribution in [-0.2, 0) is 0 Å². The number of carbonyl (C=O) groups is 1. The zero-order chi connectivity index (χ0) is 19.6. The summed E-state index contributed by atoms with van der Waals surface area (Å²) in [6, 6.07) is 5.30. The molecule has 0 bridgehead atoms. The van der Waals surface area contributed by atoms with Crippen LogP contribution in [0.3, 0.4) is 0 Å². The quantitative estimate of drug-likeness (QED) is 0.588. The van der Waals surface area contributed by atoms with Gasteiger partial charge in [-0.15, -0.1) is 0 Å². The van der Waals surface area contributed by atoms with E-state index in [0.717, 1.165) is 44.8 Å². The lowest BCUT2D eigenvalue weighted by Crippen LogP contribution is -2.46. The van der Waals surface area contributed by atoms with Crippen LogP contribution in [0.1, 0.15) is 19.8 Å². The number of hydrogen-bond acceptors (Lipinski definition) is 6. The third-order valence-electron chi connectivity index (χ3n) is 5.10. The van der Waals surface area contributed by atoms with Gasteiger partial charge in [-0.25, -0.2) is 4.79 Å². The number of nitrogens with zero attached hydrogens (tertiary/aromatic N) is 2. The number of ether oxygens (including phenoxy) is 3. The number of urea groups is 1. The van der Waals surface area contributed by atoms with Gasteiger partial charge in [0, 0.05) is 38.8 Å². The number of benzene rings is 1. The van der Waals surface area contributed by atoms with Gasteiger partial charge in [0.05, 0.1) is 6.54 Å². The first-order valence-corrected chi connectivity index (χ1v) is 10.2. The summed E-state index contributed by atoms with van der Waals surface area (Å²) in [5.74, 6) is 2.12. The molecule has 2 aliphatic heterocycles. The molecule has 1 fully saturated rings. The van der Waals surface area contributed by atoms with E-state index in [9.17, 15) is 4.79 Å². The van der Waals surface area contributed by atoms with Gasteiger partial charge in [0.25, 0.3) is 0 Å². The average Bonchev–Trinajstić information content (AvgIpc) is 3.19. The predicted molar refractivity (Wildman–Crippen MR) is 107 cm³/mol. The molecule has 156 valence electrons. The molecule has 0 atom stereocenters. The summed E-state index contributed by atoms with van der Waals surface area (Å²) >= 11 is 0. The highest BCUT2D eigenvalue weighted by atomic mass is 16.7. The van der Waals surface area contributed by atoms with E-state index >= 15 is 0 Å². The van der Waals surface area contributed by atoms with E-state index in [0.29, 0.717) is 31.2 Å². The lowest BCUT2D eigenvalue weighted by atomic mass is 10.2. The van der Waals surface area contributed by atoms with Gasteiger partial charge in [0.15, 0.2) is 11.5 Å². The number of carbonyl (C=O) groups excluding carboxylic acids is 1. The van der Waals surface area contributed by atoms with Crippen molar-refractivity contribution >= 4 is 6.03 Å². The number of rotatable bonds is 10. The summed E-state index contributed by atoms with van der Waals surface area (Å²) in [7, 11) is 0. The van der Waals surface area contributed by atoms with E-state index in [1.807, 2.05) is 12.1 Å². The second kappa shape index (κ2) is 11.0. The summed E-state index contributed by atoms with van der Waals surface area (Å²) in [4.78, 5) is 16.8. The van der Waals surface area contributed by atoms with E-state index < -0.39 is 0 Å². The molecule has 0 spiro atoms. The number of fused-ring (bicyclic) bond motifs is 1. The van der Waals surface area contributed by atoms with Gasteiger partial charge in [-0.05, 0) is 38.1 Å². The zero-order valence-corrected chi connectivity index (χ0v) is 16.7. The van der Waals surface area contributed by atoms with Crippen LogP contribution in [0.5, 0.6) is 17.2 Å². The summed E-state index contributed by atoms with van der Waals surface area (Å²) < 4.78 is 16.2. The highest BCUT2D eigenvalue weighted by Crippen LogP contribution is 2.34. The Labute approximate surface area is 167 Å². The summed E-state index contributed by atoms with van der Waals surface area (Å²) in [5.41, 5.74) is 0. The van der Waals surface area contributed by atoms with Gasteiger partial charge in [0.1, 0.15) is 12.4 Å². The molecule has 2 heterocycles. The summed E-state index contributed by atoms with van der Waals surface area (Å²) in [5, 5.41) is 5.71. The fourth-order valence-electron chi connectivity index (χ4n) is 3.35. The monoisotopic (exact) mass is 392 g/mol. The fourth-order valence-corrected chi connectivity index (χ4v) is 3.35. The maximum atomic E-state index is 11.8. The highest BCUT2D eigenvalue weighted by molar-refractivity contribution is 5.73. The van der Waals surface area contributed by atoms with E-state index in [1.54, 1.807) is 6.07 Å². The molecule has 8 nitrogen and oxygen atoms in total. The molecule has 0 saturated carbocycles. The Morgan fingerprint density at radius 3 is 2.61 bits per heavy atom. The minimum atomic E-state index is -0.147. The van der Waals surface area contributed by atoms with Crippen molar-refractivity contribution in [1.82, 2.24) is 20.4 Å². The Bertz CT molecular complexity index is 620. The van der Waals surface area contributed by atoms with Crippen LogP contribution in [0.25, 0.3) is 0 Å². The third kappa shape index (κ3) is 6.45. The van der Waals surface area contributed by atoms with Crippen LogP contribution in [0, 0.1) is 0 Å². The fraction of sp³-hybridized carbons (Fsp3) is 0.650. The van der Waals surface area contributed by atoms with Crippen molar-refractivity contribution in [3.63, 3.8) is 0 Å². The maximum absolute atomic E-state index is 11.8. The number of hydrogen-bond donors (Lipinski definition) is 2. The summed E-state index contributed by atoms with van der Waals surface area (Å²) in [6.07, 6.45) is 2.11. The number of unbranched alkanes of at least 4 members (excludes halogenated alkanes) is 1. The molecular weight excluding hydrogens is 360 g/mol. The number of amides is 2. The molecule has 0 unspecified atom stereocenters. The molecule has 2 amide bonds. The summed E-state index contributed by atoms with van der Waals surface area (Å²) in [6.45, 7) is 10.9. The SMILES string of the molecule is CCN1CCN(CCCCNC(=O)NCCOc2ccc3c(c2)OCO3)CC1. The number of piperazine rings is 1. The molecule has 1 aromatic carbocycles. The molecular formula is C20H32N4O4. The Hall–Kier alpha value is -2.19. The topological polar surface area (TPSA) is 75.3 Å². The lowest BCUT2D eigenvalue weighted by Gasteiger charge is -2.33. The van der Waals surface area contributed by atoms with E-state index in [-0.39, 0.29) is 12.8 Å². The molecule has 8 heteroatoms. The van der Waals surface area contributed by atoms with E-state index in [2.05, 4.69) is 27.4 Å². The van der Waals surface area contributed by atoms with Crippen molar-refractivity contribution in [3.8, 4) is 17.2 Å². The van der Waals surface area contributed by atoms with Crippen molar-refractivity contribution in [3.05, 3.63) is 18.2 Å². The largest absolute Gasteiger partial charge is 0.492 e. The van der Waals surface area contributed by atoms with Gasteiger partial charge < -0.3 is 34.6 Å². The molecule has 1 aromatic rings. The standard InChI is InChI=1S/C20H32N4O4/c1-2-23-10-12-24(13-11-23)9-4-3-7-21-20(25)22-8-14-26-17-5-6-18-19(15-17)28-16-27-18/h5-6,15H,2-4,7-14,16H2,1H3,(H2,21,22,25). The molecule has 0 aliphatic carbocycles. The molecule has 0 aromatic heterocycles. The van der Waals surface area contributed by atoms with E-state index in [1.165, 1.54) is 13.1 Å². The molecule has 28 heavy (non-hydrogen) atoms. The first kappa shape index (κ1) is 20.5. The minimum absolute atomic E-state index is 0.147. The van der Waals surface area contributed by atoms with Crippen molar-refractivity contribution < 1.29 is 19.0 Å². The van der Waals surface area contributed by atoms with Crippen molar-refractivity contribution in [2.24, 2.45) is 0 Å². The molecule has 3 rings (SSSR count). The molecule has 0 radical (unpaired) electrons. The first-order valence-electron chi connectivity index (χ1n) is 10.2. The van der Waals surface area contributed by atoms with Gasteiger partial charge in [-0.2, -0.15) is 0 Å². The Kier molecular flexibility index (Phi) is 8.05. The average molecular weight is 393 g/mol. The second-order valence-electron chi connectivity index (χ2n) is 7.03. The van der Waals surface area contributed by atoms with Gasteiger partial charge >= 0.3 is 6.03 Å². The number of likely N-dealkylation sites (N-methyl/N-ethyl adjacent to an activating group) is 1. The zero-order valence-electron chi connectivity index (χ0n) is 16.7. The smallest absolute Gasteiger partial charge is 0.314 e. The number of nitrogens with one attached hydrogen (secondary N) is 2. The van der Waals surface area contributed by atoms with Crippen molar-refractivity contribution in [2.45, 2.75) is 19.8 Å². The van der Waals surface area contributed by atoms with Crippen LogP contribution >= 0.6 is 0 Å². The third-order valence-corrected chi connectivity index (χ3v) is 5.10. The van der Waals surface area contributed by atoms with Crippen LogP contribution in [0.2, 0.25) is 0 Å². The van der Waals surface area contributed by atoms with Crippen molar-refractivity contribution in [2.75, 3.05) is 65.8 Å². The lowest BCUT2D eigenvalue weighted by molar-refractivity contribution is 0.135. The van der Waals surface area contributed by atoms with Gasteiger partial charge in [0.2, 0.25) is 6.79 Å². The molecule has 1 saturated heterocycles. The highest BCUT2D eigenvalue weighted by Gasteiger charge is 2.15. The van der Waals surface area contributed by atoms with Crippen LogP contribution in [-0.4, -0.2) is 81.6 Å². The Morgan fingerprint density at radius 1 is 1.04 bits per heavy atom. The predicted octanol–water partition coefficient (Wildman–Crippen LogP) is 1.51. The Morgan fingerprint density at radius 2 is 1.79 bits per heavy atom.